The lowest BCUT2D eigenvalue weighted by Crippen LogP contribution is -2.00. The van der Waals surface area contributed by atoms with Crippen LogP contribution in [-0.2, 0) is 0 Å². The summed E-state index contributed by atoms with van der Waals surface area (Å²) in [6.07, 6.45) is 5.78. The van der Waals surface area contributed by atoms with Crippen LogP contribution in [0, 0.1) is 0 Å². The molecule has 0 aliphatic carbocycles. The van der Waals surface area contributed by atoms with E-state index < -0.39 is 0 Å². The Morgan fingerprint density at radius 3 is 2.42 bits per heavy atom. The highest BCUT2D eigenvalue weighted by Gasteiger charge is 1.99. The number of hydrogen-bond donors (Lipinski definition) is 1. The molecule has 2 aromatic carbocycles. The smallest absolute Gasteiger partial charge is 0.113 e. The molecule has 2 heteroatoms. The molecular weight excluding hydrogens is 229 g/mol. The Kier molecular flexibility index (Phi) is 4.24. The molecule has 92 valence electrons. The molecule has 0 spiro atoms. The van der Waals surface area contributed by atoms with Crippen LogP contribution < -0.4 is 11.2 Å². The van der Waals surface area contributed by atoms with Gasteiger partial charge in [0, 0.05) is 5.70 Å². The van der Waals surface area contributed by atoms with Gasteiger partial charge in [-0.25, -0.2) is 0 Å². The van der Waals surface area contributed by atoms with E-state index in [4.69, 9.17) is 13.6 Å². The van der Waals surface area contributed by atoms with Crippen LogP contribution in [0.3, 0.4) is 0 Å². The fourth-order valence-electron chi connectivity index (χ4n) is 1.87. The van der Waals surface area contributed by atoms with Crippen LogP contribution in [0.4, 0.5) is 0 Å². The quantitative estimate of drug-likeness (QED) is 0.652. The zero-order valence-electron chi connectivity index (χ0n) is 11.0. The molecule has 1 nitrogen and oxygen atoms in total. The Bertz CT molecular complexity index is 609. The highest BCUT2D eigenvalue weighted by molar-refractivity contribution is 6.32. The summed E-state index contributed by atoms with van der Waals surface area (Å²) in [6.45, 7) is 1.96. The van der Waals surface area contributed by atoms with Crippen molar-refractivity contribution in [3.8, 4) is 11.1 Å². The van der Waals surface area contributed by atoms with Crippen molar-refractivity contribution < 1.29 is 0 Å². The summed E-state index contributed by atoms with van der Waals surface area (Å²) >= 11 is 0. The van der Waals surface area contributed by atoms with E-state index in [0.717, 1.165) is 27.9 Å². The van der Waals surface area contributed by atoms with E-state index in [1.807, 2.05) is 61.5 Å². The largest absolute Gasteiger partial charge is 0.398 e. The van der Waals surface area contributed by atoms with Gasteiger partial charge in [-0.05, 0) is 29.7 Å². The van der Waals surface area contributed by atoms with Crippen molar-refractivity contribution in [3.05, 3.63) is 72.3 Å². The third kappa shape index (κ3) is 3.38. The summed E-state index contributed by atoms with van der Waals surface area (Å²) in [5.74, 6) is 0. The lowest BCUT2D eigenvalue weighted by Gasteiger charge is -2.05. The van der Waals surface area contributed by atoms with Gasteiger partial charge in [0.15, 0.2) is 0 Å². The van der Waals surface area contributed by atoms with Crippen molar-refractivity contribution in [2.75, 3.05) is 0 Å². The summed E-state index contributed by atoms with van der Waals surface area (Å²) in [5, 5.41) is 0. The van der Waals surface area contributed by atoms with E-state index in [-0.39, 0.29) is 0 Å². The van der Waals surface area contributed by atoms with Crippen molar-refractivity contribution in [2.45, 2.75) is 6.92 Å². The minimum absolute atomic E-state index is 0.761. The SMILES string of the molecule is [B]c1cccc(-c2ccc(/C(N)=C/C=C\C)cc2)c1. The molecule has 0 saturated carbocycles. The first-order valence-corrected chi connectivity index (χ1v) is 6.25. The van der Waals surface area contributed by atoms with Gasteiger partial charge in [0.2, 0.25) is 0 Å². The van der Waals surface area contributed by atoms with Crippen LogP contribution in [0.1, 0.15) is 12.5 Å². The number of benzene rings is 2. The minimum atomic E-state index is 0.761. The molecule has 0 amide bonds. The number of nitrogens with two attached hydrogens (primary N) is 1. The maximum atomic E-state index is 5.98. The molecule has 2 rings (SSSR count). The van der Waals surface area contributed by atoms with E-state index in [1.54, 1.807) is 0 Å². The van der Waals surface area contributed by atoms with Gasteiger partial charge in [-0.2, -0.15) is 0 Å². The Morgan fingerprint density at radius 1 is 1.05 bits per heavy atom. The third-order valence-corrected chi connectivity index (χ3v) is 2.91. The summed E-state index contributed by atoms with van der Waals surface area (Å²) in [5.41, 5.74) is 10.8. The summed E-state index contributed by atoms with van der Waals surface area (Å²) in [6, 6.07) is 16.0. The van der Waals surface area contributed by atoms with Gasteiger partial charge in [0.1, 0.15) is 7.85 Å². The zero-order valence-corrected chi connectivity index (χ0v) is 11.0. The van der Waals surface area contributed by atoms with Crippen molar-refractivity contribution in [1.82, 2.24) is 0 Å². The molecule has 0 saturated heterocycles. The summed E-state index contributed by atoms with van der Waals surface area (Å²) < 4.78 is 0. The molecule has 19 heavy (non-hydrogen) atoms. The fourth-order valence-corrected chi connectivity index (χ4v) is 1.87. The fraction of sp³-hybridized carbons (Fsp3) is 0.0588. The van der Waals surface area contributed by atoms with Gasteiger partial charge < -0.3 is 5.73 Å². The van der Waals surface area contributed by atoms with Crippen LogP contribution in [0.2, 0.25) is 0 Å². The van der Waals surface area contributed by atoms with Gasteiger partial charge >= 0.3 is 0 Å². The van der Waals surface area contributed by atoms with Gasteiger partial charge in [-0.15, -0.1) is 0 Å². The first kappa shape index (κ1) is 13.2. The van der Waals surface area contributed by atoms with Crippen LogP contribution in [-0.4, -0.2) is 7.85 Å². The predicted molar refractivity (Wildman–Crippen MR) is 84.2 cm³/mol. The first-order chi connectivity index (χ1) is 9.20. The first-order valence-electron chi connectivity index (χ1n) is 6.25. The molecule has 0 aliphatic heterocycles. The molecule has 2 aromatic rings. The van der Waals surface area contributed by atoms with Crippen molar-refractivity contribution in [3.63, 3.8) is 0 Å². The van der Waals surface area contributed by atoms with Gasteiger partial charge in [-0.3, -0.25) is 0 Å². The van der Waals surface area contributed by atoms with Crippen LogP contribution in [0.25, 0.3) is 16.8 Å². The Labute approximate surface area is 115 Å². The Hall–Kier alpha value is -2.22. The van der Waals surface area contributed by atoms with Crippen molar-refractivity contribution in [1.29, 1.82) is 0 Å². The average molecular weight is 245 g/mol. The van der Waals surface area contributed by atoms with E-state index in [2.05, 4.69) is 12.1 Å². The van der Waals surface area contributed by atoms with E-state index in [0.29, 0.717) is 0 Å². The molecule has 0 bridgehead atoms. The standard InChI is InChI=1S/C17H16BN/c1-2-3-7-17(19)14-10-8-13(9-11-14)15-5-4-6-16(18)12-15/h2-12H,19H2,1H3/b3-2-,17-7-. The summed E-state index contributed by atoms with van der Waals surface area (Å²) in [4.78, 5) is 0. The van der Waals surface area contributed by atoms with Crippen molar-refractivity contribution in [2.24, 2.45) is 5.73 Å². The maximum absolute atomic E-state index is 5.98. The third-order valence-electron chi connectivity index (χ3n) is 2.91. The van der Waals surface area contributed by atoms with Gasteiger partial charge in [0.05, 0.1) is 0 Å². The minimum Gasteiger partial charge on any atom is -0.398 e. The molecule has 0 aliphatic rings. The normalized spacial score (nSPS) is 11.9. The molecule has 0 aromatic heterocycles. The number of hydrogen-bond acceptors (Lipinski definition) is 1. The molecule has 0 heterocycles. The van der Waals surface area contributed by atoms with Gasteiger partial charge in [0.25, 0.3) is 0 Å². The van der Waals surface area contributed by atoms with Gasteiger partial charge in [-0.1, -0.05) is 66.1 Å². The lowest BCUT2D eigenvalue weighted by atomic mass is 9.92. The Balaban J connectivity index is 2.28. The van der Waals surface area contributed by atoms with Crippen molar-refractivity contribution >= 4 is 19.0 Å². The van der Waals surface area contributed by atoms with E-state index >= 15 is 0 Å². The monoisotopic (exact) mass is 245 g/mol. The molecule has 2 N–H and O–H groups in total. The van der Waals surface area contributed by atoms with Crippen LogP contribution >= 0.6 is 0 Å². The highest BCUT2D eigenvalue weighted by atomic mass is 14.6. The zero-order chi connectivity index (χ0) is 13.7. The molecular formula is C17H16BN. The average Bonchev–Trinajstić information content (AvgIpc) is 2.45. The Morgan fingerprint density at radius 2 is 1.79 bits per heavy atom. The second-order valence-corrected chi connectivity index (χ2v) is 4.35. The number of allylic oxidation sites excluding steroid dienone is 3. The second kappa shape index (κ2) is 6.10. The predicted octanol–water partition coefficient (Wildman–Crippen LogP) is 3.02. The second-order valence-electron chi connectivity index (χ2n) is 4.35. The molecule has 2 radical (unpaired) electrons. The molecule has 0 fully saturated rings. The van der Waals surface area contributed by atoms with Crippen LogP contribution in [0.15, 0.2) is 66.8 Å². The lowest BCUT2D eigenvalue weighted by molar-refractivity contribution is 1.51. The number of rotatable bonds is 3. The molecule has 0 unspecified atom stereocenters. The highest BCUT2D eigenvalue weighted by Crippen LogP contribution is 2.20. The topological polar surface area (TPSA) is 26.0 Å². The van der Waals surface area contributed by atoms with E-state index in [9.17, 15) is 0 Å². The maximum Gasteiger partial charge on any atom is 0.113 e. The summed E-state index contributed by atoms with van der Waals surface area (Å²) in [7, 11) is 5.79. The van der Waals surface area contributed by atoms with E-state index in [1.165, 1.54) is 0 Å². The molecule has 0 atom stereocenters. The van der Waals surface area contributed by atoms with Crippen LogP contribution in [0.5, 0.6) is 0 Å².